The van der Waals surface area contributed by atoms with E-state index in [1.807, 2.05) is 19.9 Å². The van der Waals surface area contributed by atoms with Crippen LogP contribution in [0.5, 0.6) is 0 Å². The van der Waals surface area contributed by atoms with Crippen LogP contribution in [-0.4, -0.2) is 37.5 Å². The van der Waals surface area contributed by atoms with E-state index in [1.165, 1.54) is 0 Å². The highest BCUT2D eigenvalue weighted by Gasteiger charge is 2.09. The van der Waals surface area contributed by atoms with E-state index in [1.54, 1.807) is 19.1 Å². The molecule has 0 radical (unpaired) electrons. The molecule has 23 heavy (non-hydrogen) atoms. The maximum absolute atomic E-state index is 12.0. The largest absolute Gasteiger partial charge is 0.466 e. The number of benzene rings is 1. The van der Waals surface area contributed by atoms with Crippen molar-refractivity contribution >= 4 is 17.8 Å². The van der Waals surface area contributed by atoms with Gasteiger partial charge in [-0.1, -0.05) is 17.2 Å². The Balaban J connectivity index is 2.27. The van der Waals surface area contributed by atoms with Crippen molar-refractivity contribution in [2.24, 2.45) is 0 Å². The molecule has 0 aliphatic heterocycles. The van der Waals surface area contributed by atoms with E-state index in [9.17, 15) is 14.4 Å². The van der Waals surface area contributed by atoms with E-state index in [4.69, 9.17) is 4.74 Å². The number of ether oxygens (including phenoxy) is 1. The highest BCUT2D eigenvalue weighted by molar-refractivity contribution is 5.96. The first-order chi connectivity index (χ1) is 10.9. The van der Waals surface area contributed by atoms with Crippen LogP contribution in [0.25, 0.3) is 0 Å². The van der Waals surface area contributed by atoms with Crippen molar-refractivity contribution in [2.75, 3.05) is 19.7 Å². The van der Waals surface area contributed by atoms with Crippen LogP contribution in [0.15, 0.2) is 18.2 Å². The summed E-state index contributed by atoms with van der Waals surface area (Å²) in [5.74, 6) is -0.838. The zero-order valence-electron chi connectivity index (χ0n) is 13.9. The Morgan fingerprint density at radius 3 is 2.30 bits per heavy atom. The fourth-order valence-corrected chi connectivity index (χ4v) is 2.12. The molecule has 1 aromatic carbocycles. The average Bonchev–Trinajstić information content (AvgIpc) is 2.48. The van der Waals surface area contributed by atoms with Crippen LogP contribution in [0.3, 0.4) is 0 Å². The van der Waals surface area contributed by atoms with Crippen molar-refractivity contribution in [3.8, 4) is 0 Å². The lowest BCUT2D eigenvalue weighted by Gasteiger charge is -2.08. The van der Waals surface area contributed by atoms with E-state index in [2.05, 4.69) is 10.6 Å². The third-order valence-electron chi connectivity index (χ3n) is 3.08. The maximum Gasteiger partial charge on any atom is 0.305 e. The van der Waals surface area contributed by atoms with Crippen LogP contribution in [-0.2, 0) is 14.3 Å². The molecular formula is C17H24N2O4. The zero-order valence-corrected chi connectivity index (χ0v) is 13.9. The van der Waals surface area contributed by atoms with Crippen LogP contribution in [0, 0.1) is 13.8 Å². The predicted octanol–water partition coefficient (Wildman–Crippen LogP) is 1.49. The summed E-state index contributed by atoms with van der Waals surface area (Å²) < 4.78 is 4.79. The summed E-state index contributed by atoms with van der Waals surface area (Å²) in [6, 6.07) is 5.53. The summed E-state index contributed by atoms with van der Waals surface area (Å²) >= 11 is 0. The summed E-state index contributed by atoms with van der Waals surface area (Å²) in [6.45, 7) is 6.22. The summed E-state index contributed by atoms with van der Waals surface area (Å²) in [5, 5.41) is 5.23. The average molecular weight is 320 g/mol. The minimum Gasteiger partial charge on any atom is -0.466 e. The van der Waals surface area contributed by atoms with Crippen molar-refractivity contribution < 1.29 is 19.1 Å². The van der Waals surface area contributed by atoms with Gasteiger partial charge in [-0.2, -0.15) is 0 Å². The highest BCUT2D eigenvalue weighted by Crippen LogP contribution is 2.08. The lowest BCUT2D eigenvalue weighted by molar-refractivity contribution is -0.143. The molecule has 0 atom stereocenters. The summed E-state index contributed by atoms with van der Waals surface area (Å²) in [5.41, 5.74) is 2.54. The van der Waals surface area contributed by atoms with E-state index >= 15 is 0 Å². The van der Waals surface area contributed by atoms with Gasteiger partial charge in [-0.25, -0.2) is 0 Å². The van der Waals surface area contributed by atoms with Crippen molar-refractivity contribution in [1.82, 2.24) is 10.6 Å². The second kappa shape index (κ2) is 9.61. The summed E-state index contributed by atoms with van der Waals surface area (Å²) in [6.07, 6.45) is 0.776. The third kappa shape index (κ3) is 7.44. The first-order valence-corrected chi connectivity index (χ1v) is 7.71. The first-order valence-electron chi connectivity index (χ1n) is 7.71. The Morgan fingerprint density at radius 2 is 1.70 bits per heavy atom. The van der Waals surface area contributed by atoms with Crippen molar-refractivity contribution in [1.29, 1.82) is 0 Å². The SMILES string of the molecule is CCOC(=O)CCCNC(=O)CNC(=O)c1cc(C)cc(C)c1. The summed E-state index contributed by atoms with van der Waals surface area (Å²) in [7, 11) is 0. The standard InChI is InChI=1S/C17H24N2O4/c1-4-23-16(21)6-5-7-18-15(20)11-19-17(22)14-9-12(2)8-13(3)10-14/h8-10H,4-7,11H2,1-3H3,(H,18,20)(H,19,22). The molecule has 0 aliphatic carbocycles. The molecule has 1 aromatic rings. The predicted molar refractivity (Wildman–Crippen MR) is 87.1 cm³/mol. The van der Waals surface area contributed by atoms with Gasteiger partial charge in [-0.15, -0.1) is 0 Å². The van der Waals surface area contributed by atoms with Crippen molar-refractivity contribution in [3.63, 3.8) is 0 Å². The fraction of sp³-hybridized carbons (Fsp3) is 0.471. The molecule has 126 valence electrons. The van der Waals surface area contributed by atoms with Gasteiger partial charge in [-0.3, -0.25) is 14.4 Å². The van der Waals surface area contributed by atoms with Gasteiger partial charge in [0, 0.05) is 18.5 Å². The number of nitrogens with one attached hydrogen (secondary N) is 2. The lowest BCUT2D eigenvalue weighted by atomic mass is 10.1. The van der Waals surface area contributed by atoms with Crippen LogP contribution in [0.2, 0.25) is 0 Å². The molecule has 2 amide bonds. The number of carbonyl (C=O) groups is 3. The first kappa shape index (κ1) is 18.7. The number of esters is 1. The molecule has 0 unspecified atom stereocenters. The van der Waals surface area contributed by atoms with E-state index < -0.39 is 0 Å². The Morgan fingerprint density at radius 1 is 1.04 bits per heavy atom. The number of aryl methyl sites for hydroxylation is 2. The van der Waals surface area contributed by atoms with Crippen LogP contribution < -0.4 is 10.6 Å². The minimum atomic E-state index is -0.286. The minimum absolute atomic E-state index is 0.0920. The molecule has 0 fully saturated rings. The van der Waals surface area contributed by atoms with Crippen molar-refractivity contribution in [2.45, 2.75) is 33.6 Å². The molecule has 0 heterocycles. The Kier molecular flexibility index (Phi) is 7.80. The number of hydrogen-bond donors (Lipinski definition) is 2. The van der Waals surface area contributed by atoms with Gasteiger partial charge < -0.3 is 15.4 Å². The molecule has 6 heteroatoms. The van der Waals surface area contributed by atoms with Gasteiger partial charge in [0.15, 0.2) is 0 Å². The Labute approximate surface area is 136 Å². The molecule has 0 spiro atoms. The Hall–Kier alpha value is -2.37. The molecule has 6 nitrogen and oxygen atoms in total. The fourth-order valence-electron chi connectivity index (χ4n) is 2.12. The number of amides is 2. The van der Waals surface area contributed by atoms with Crippen LogP contribution >= 0.6 is 0 Å². The quantitative estimate of drug-likeness (QED) is 0.561. The zero-order chi connectivity index (χ0) is 17.2. The molecule has 1 rings (SSSR count). The number of carbonyl (C=O) groups excluding carboxylic acids is 3. The molecule has 0 aliphatic rings. The van der Waals surface area contributed by atoms with Gasteiger partial charge >= 0.3 is 5.97 Å². The highest BCUT2D eigenvalue weighted by atomic mass is 16.5. The summed E-state index contributed by atoms with van der Waals surface area (Å²) in [4.78, 5) is 34.8. The topological polar surface area (TPSA) is 84.5 Å². The monoisotopic (exact) mass is 320 g/mol. The molecular weight excluding hydrogens is 296 g/mol. The molecule has 0 saturated carbocycles. The normalized spacial score (nSPS) is 10.0. The van der Waals surface area contributed by atoms with Gasteiger partial charge in [0.1, 0.15) is 0 Å². The second-order valence-corrected chi connectivity index (χ2v) is 5.32. The smallest absolute Gasteiger partial charge is 0.305 e. The maximum atomic E-state index is 12.0. The molecule has 2 N–H and O–H groups in total. The number of rotatable bonds is 8. The molecule has 0 aromatic heterocycles. The Bertz CT molecular complexity index is 549. The van der Waals surface area contributed by atoms with Crippen molar-refractivity contribution in [3.05, 3.63) is 34.9 Å². The van der Waals surface area contributed by atoms with E-state index in [0.717, 1.165) is 11.1 Å². The van der Waals surface area contributed by atoms with Gasteiger partial charge in [-0.05, 0) is 39.3 Å². The van der Waals surface area contributed by atoms with E-state index in [-0.39, 0.29) is 30.7 Å². The lowest BCUT2D eigenvalue weighted by Crippen LogP contribution is -2.37. The molecule has 0 bridgehead atoms. The van der Waals surface area contributed by atoms with Crippen LogP contribution in [0.1, 0.15) is 41.3 Å². The van der Waals surface area contributed by atoms with Gasteiger partial charge in [0.25, 0.3) is 5.91 Å². The van der Waals surface area contributed by atoms with Gasteiger partial charge in [0.2, 0.25) is 5.91 Å². The van der Waals surface area contributed by atoms with Gasteiger partial charge in [0.05, 0.1) is 13.2 Å². The second-order valence-electron chi connectivity index (χ2n) is 5.32. The van der Waals surface area contributed by atoms with Crippen LogP contribution in [0.4, 0.5) is 0 Å². The third-order valence-corrected chi connectivity index (χ3v) is 3.08. The number of hydrogen-bond acceptors (Lipinski definition) is 4. The molecule has 0 saturated heterocycles. The van der Waals surface area contributed by atoms with E-state index in [0.29, 0.717) is 25.1 Å².